The van der Waals surface area contributed by atoms with Crippen molar-refractivity contribution in [3.63, 3.8) is 0 Å². The molecule has 1 aromatic rings. The molecule has 0 fully saturated rings. The predicted octanol–water partition coefficient (Wildman–Crippen LogP) is 3.13. The molecule has 0 aliphatic heterocycles. The summed E-state index contributed by atoms with van der Waals surface area (Å²) in [5.41, 5.74) is 1.03. The first-order chi connectivity index (χ1) is 9.10. The molecule has 4 heteroatoms. The largest absolute Gasteiger partial charge is 0.426 e. The number of carbonyl (C=O) groups is 1. The molecular formula is C15H12FNO2. The molecule has 19 heavy (non-hydrogen) atoms. The van der Waals surface area contributed by atoms with E-state index in [2.05, 4.69) is 0 Å². The second-order valence-electron chi connectivity index (χ2n) is 4.32. The summed E-state index contributed by atoms with van der Waals surface area (Å²) in [7, 11) is 0. The molecule has 0 saturated carbocycles. The Bertz CT molecular complexity index is 611. The van der Waals surface area contributed by atoms with Crippen molar-refractivity contribution >= 4 is 5.97 Å². The molecule has 0 spiro atoms. The summed E-state index contributed by atoms with van der Waals surface area (Å²) in [6, 6.07) is 5.46. The quantitative estimate of drug-likeness (QED) is 0.604. The molecule has 1 aliphatic carbocycles. The molecule has 0 amide bonds. The van der Waals surface area contributed by atoms with E-state index in [9.17, 15) is 9.18 Å². The normalized spacial score (nSPS) is 17.5. The summed E-state index contributed by atoms with van der Waals surface area (Å²) in [6.45, 7) is 1.95. The molecule has 3 nitrogen and oxygen atoms in total. The average Bonchev–Trinajstić information content (AvgIpc) is 2.39. The molecule has 0 heterocycles. The zero-order chi connectivity index (χ0) is 13.8. The summed E-state index contributed by atoms with van der Waals surface area (Å²) >= 11 is 0. The van der Waals surface area contributed by atoms with Crippen LogP contribution in [0.15, 0.2) is 42.0 Å². The van der Waals surface area contributed by atoms with Gasteiger partial charge in [-0.1, -0.05) is 23.8 Å². The Morgan fingerprint density at radius 2 is 2.32 bits per heavy atom. The van der Waals surface area contributed by atoms with Gasteiger partial charge in [0.1, 0.15) is 17.6 Å². The van der Waals surface area contributed by atoms with Crippen molar-refractivity contribution in [3.05, 3.63) is 53.4 Å². The molecule has 0 saturated heterocycles. The van der Waals surface area contributed by atoms with Crippen LogP contribution in [-0.4, -0.2) is 5.97 Å². The van der Waals surface area contributed by atoms with Gasteiger partial charge in [-0.15, -0.1) is 0 Å². The minimum absolute atomic E-state index is 0.0732. The van der Waals surface area contributed by atoms with Crippen LogP contribution in [0.3, 0.4) is 0 Å². The van der Waals surface area contributed by atoms with E-state index in [1.807, 2.05) is 19.1 Å². The van der Waals surface area contributed by atoms with Crippen LogP contribution < -0.4 is 4.74 Å². The van der Waals surface area contributed by atoms with Gasteiger partial charge in [0.25, 0.3) is 0 Å². The van der Waals surface area contributed by atoms with Gasteiger partial charge in [-0.05, 0) is 25.5 Å². The highest BCUT2D eigenvalue weighted by atomic mass is 19.1. The zero-order valence-corrected chi connectivity index (χ0v) is 10.4. The number of ether oxygens (including phenoxy) is 1. The number of allylic oxidation sites excluding steroid dienone is 3. The second kappa shape index (κ2) is 5.49. The number of nitriles is 1. The summed E-state index contributed by atoms with van der Waals surface area (Å²) < 4.78 is 18.5. The van der Waals surface area contributed by atoms with Crippen LogP contribution in [0.5, 0.6) is 5.75 Å². The van der Waals surface area contributed by atoms with E-state index in [0.717, 1.165) is 11.6 Å². The van der Waals surface area contributed by atoms with Gasteiger partial charge < -0.3 is 4.74 Å². The van der Waals surface area contributed by atoms with Crippen LogP contribution in [-0.2, 0) is 4.79 Å². The minimum Gasteiger partial charge on any atom is -0.426 e. The van der Waals surface area contributed by atoms with Crippen molar-refractivity contribution < 1.29 is 13.9 Å². The Kier molecular flexibility index (Phi) is 3.76. The van der Waals surface area contributed by atoms with Gasteiger partial charge in [0.15, 0.2) is 0 Å². The number of nitrogens with zero attached hydrogens (tertiary/aromatic N) is 1. The van der Waals surface area contributed by atoms with E-state index in [-0.39, 0.29) is 17.2 Å². The number of carbonyl (C=O) groups excluding carboxylic acids is 1. The highest BCUT2D eigenvalue weighted by Gasteiger charge is 2.19. The van der Waals surface area contributed by atoms with Crippen molar-refractivity contribution in [2.45, 2.75) is 13.3 Å². The predicted molar refractivity (Wildman–Crippen MR) is 67.8 cm³/mol. The highest BCUT2D eigenvalue weighted by Crippen LogP contribution is 2.21. The standard InChI is InChI=1S/C15H12FNO2/c1-10-2-4-11(5-3-10)15(18)19-13-7-6-12(9-17)14(16)8-13/h2-4,6-8,11H,5H2,1H3. The Balaban J connectivity index is 2.06. The molecule has 0 aromatic heterocycles. The number of rotatable bonds is 2. The molecule has 2 rings (SSSR count). The zero-order valence-electron chi connectivity index (χ0n) is 10.4. The third kappa shape index (κ3) is 3.08. The van der Waals surface area contributed by atoms with Gasteiger partial charge >= 0.3 is 5.97 Å². The SMILES string of the molecule is CC1=CCC(C(=O)Oc2ccc(C#N)c(F)c2)C=C1. The van der Waals surface area contributed by atoms with Gasteiger partial charge in [0.05, 0.1) is 11.5 Å². The molecular weight excluding hydrogens is 245 g/mol. The maximum Gasteiger partial charge on any atom is 0.318 e. The number of hydrogen-bond donors (Lipinski definition) is 0. The third-order valence-corrected chi connectivity index (χ3v) is 2.87. The van der Waals surface area contributed by atoms with Gasteiger partial charge in [0.2, 0.25) is 0 Å². The van der Waals surface area contributed by atoms with Crippen molar-refractivity contribution in [1.29, 1.82) is 5.26 Å². The first-order valence-electron chi connectivity index (χ1n) is 5.86. The topological polar surface area (TPSA) is 50.1 Å². The Hall–Kier alpha value is -2.41. The maximum absolute atomic E-state index is 13.4. The molecule has 96 valence electrons. The van der Waals surface area contributed by atoms with Gasteiger partial charge in [-0.3, -0.25) is 4.79 Å². The highest BCUT2D eigenvalue weighted by molar-refractivity contribution is 5.77. The van der Waals surface area contributed by atoms with E-state index in [0.29, 0.717) is 6.42 Å². The smallest absolute Gasteiger partial charge is 0.318 e. The van der Waals surface area contributed by atoms with E-state index in [1.54, 1.807) is 12.1 Å². The number of hydrogen-bond acceptors (Lipinski definition) is 3. The lowest BCUT2D eigenvalue weighted by molar-refractivity contribution is -0.137. The number of benzene rings is 1. The van der Waals surface area contributed by atoms with Crippen LogP contribution in [0.4, 0.5) is 4.39 Å². The summed E-state index contributed by atoms with van der Waals surface area (Å²) in [4.78, 5) is 11.8. The molecule has 1 aromatic carbocycles. The van der Waals surface area contributed by atoms with Gasteiger partial charge in [-0.25, -0.2) is 4.39 Å². The molecule has 1 atom stereocenters. The van der Waals surface area contributed by atoms with Crippen molar-refractivity contribution in [1.82, 2.24) is 0 Å². The van der Waals surface area contributed by atoms with Crippen LogP contribution in [0.1, 0.15) is 18.9 Å². The lowest BCUT2D eigenvalue weighted by atomic mass is 9.98. The van der Waals surface area contributed by atoms with E-state index >= 15 is 0 Å². The number of halogens is 1. The fourth-order valence-electron chi connectivity index (χ4n) is 1.74. The lowest BCUT2D eigenvalue weighted by Gasteiger charge is -2.13. The fraction of sp³-hybridized carbons (Fsp3) is 0.200. The van der Waals surface area contributed by atoms with Crippen LogP contribution in [0, 0.1) is 23.1 Å². The van der Waals surface area contributed by atoms with Crippen LogP contribution >= 0.6 is 0 Å². The first kappa shape index (κ1) is 13.0. The summed E-state index contributed by atoms with van der Waals surface area (Å²) in [5.74, 6) is -1.35. The Morgan fingerprint density at radius 1 is 1.53 bits per heavy atom. The van der Waals surface area contributed by atoms with Crippen molar-refractivity contribution in [2.75, 3.05) is 0 Å². The summed E-state index contributed by atoms with van der Waals surface area (Å²) in [5, 5.41) is 8.61. The molecule has 1 unspecified atom stereocenters. The first-order valence-corrected chi connectivity index (χ1v) is 5.86. The second-order valence-corrected chi connectivity index (χ2v) is 4.32. The van der Waals surface area contributed by atoms with Crippen molar-refractivity contribution in [2.24, 2.45) is 5.92 Å². The maximum atomic E-state index is 13.4. The van der Waals surface area contributed by atoms with Gasteiger partial charge in [-0.2, -0.15) is 5.26 Å². The Morgan fingerprint density at radius 3 is 2.89 bits per heavy atom. The van der Waals surface area contributed by atoms with Gasteiger partial charge in [0, 0.05) is 6.07 Å². The third-order valence-electron chi connectivity index (χ3n) is 2.87. The monoisotopic (exact) mass is 257 g/mol. The average molecular weight is 257 g/mol. The Labute approximate surface area is 110 Å². The molecule has 1 aliphatic rings. The van der Waals surface area contributed by atoms with E-state index < -0.39 is 11.8 Å². The van der Waals surface area contributed by atoms with Crippen LogP contribution in [0.2, 0.25) is 0 Å². The van der Waals surface area contributed by atoms with Crippen molar-refractivity contribution in [3.8, 4) is 11.8 Å². The minimum atomic E-state index is -0.692. The van der Waals surface area contributed by atoms with E-state index in [1.165, 1.54) is 12.1 Å². The molecule has 0 N–H and O–H groups in total. The molecule has 0 radical (unpaired) electrons. The van der Waals surface area contributed by atoms with E-state index in [4.69, 9.17) is 10.00 Å². The fourth-order valence-corrected chi connectivity index (χ4v) is 1.74. The lowest BCUT2D eigenvalue weighted by Crippen LogP contribution is -2.19. The number of esters is 1. The van der Waals surface area contributed by atoms with Crippen LogP contribution in [0.25, 0.3) is 0 Å². The molecule has 0 bridgehead atoms. The summed E-state index contributed by atoms with van der Waals surface area (Å²) in [6.07, 6.45) is 6.16.